The number of nitrogens with two attached hydrogens (primary N) is 1. The van der Waals surface area contributed by atoms with Gasteiger partial charge in [-0.1, -0.05) is 24.3 Å². The molecule has 2 atom stereocenters. The van der Waals surface area contributed by atoms with Gasteiger partial charge in [0.2, 0.25) is 0 Å². The summed E-state index contributed by atoms with van der Waals surface area (Å²) >= 11 is 0. The van der Waals surface area contributed by atoms with Gasteiger partial charge in [-0.3, -0.25) is 0 Å². The molecule has 2 aliphatic rings. The van der Waals surface area contributed by atoms with E-state index in [1.807, 2.05) is 0 Å². The fraction of sp³-hybridized carbons (Fsp3) is 0.571. The largest absolute Gasteiger partial charge is 0.343 e. The van der Waals surface area contributed by atoms with Crippen LogP contribution >= 0.6 is 0 Å². The van der Waals surface area contributed by atoms with E-state index in [1.165, 1.54) is 17.5 Å². The summed E-state index contributed by atoms with van der Waals surface area (Å²) in [6, 6.07) is 8.48. The van der Waals surface area contributed by atoms with E-state index in [9.17, 15) is 0 Å². The van der Waals surface area contributed by atoms with Crippen molar-refractivity contribution in [3.05, 3.63) is 35.4 Å². The standard InChI is InChI=1S/C14H19NO2/c15-9-12-10-16-14(17-12)8-4-3-6-11-5-1-2-7-13(11)14/h1-2,5,7,12H,3-4,6,8-10,15H2. The normalized spacial score (nSPS) is 32.4. The quantitative estimate of drug-likeness (QED) is 0.806. The molecule has 3 rings (SSSR count). The molecule has 1 aromatic rings. The summed E-state index contributed by atoms with van der Waals surface area (Å²) in [5.74, 6) is -0.517. The second kappa shape index (κ2) is 4.41. The number of hydrogen-bond acceptors (Lipinski definition) is 3. The van der Waals surface area contributed by atoms with E-state index in [4.69, 9.17) is 15.2 Å². The highest BCUT2D eigenvalue weighted by molar-refractivity contribution is 5.32. The molecule has 3 nitrogen and oxygen atoms in total. The van der Waals surface area contributed by atoms with Crippen LogP contribution in [0.15, 0.2) is 24.3 Å². The predicted molar refractivity (Wildman–Crippen MR) is 65.6 cm³/mol. The van der Waals surface area contributed by atoms with E-state index in [0.29, 0.717) is 13.2 Å². The minimum absolute atomic E-state index is 0.0427. The Morgan fingerprint density at radius 2 is 2.18 bits per heavy atom. The Labute approximate surface area is 102 Å². The molecule has 0 aromatic heterocycles. The molecule has 2 N–H and O–H groups in total. The first-order valence-electron chi connectivity index (χ1n) is 6.44. The highest BCUT2D eigenvalue weighted by atomic mass is 16.7. The number of ether oxygens (including phenoxy) is 2. The third-order valence-electron chi connectivity index (χ3n) is 3.75. The molecular formula is C14H19NO2. The van der Waals surface area contributed by atoms with Crippen molar-refractivity contribution in [1.29, 1.82) is 0 Å². The van der Waals surface area contributed by atoms with Gasteiger partial charge >= 0.3 is 0 Å². The number of benzene rings is 1. The fourth-order valence-corrected chi connectivity index (χ4v) is 2.87. The predicted octanol–water partition coefficient (Wildman–Crippen LogP) is 1.94. The molecule has 1 aromatic carbocycles. The van der Waals surface area contributed by atoms with E-state index in [-0.39, 0.29) is 6.10 Å². The van der Waals surface area contributed by atoms with Crippen LogP contribution in [-0.4, -0.2) is 19.3 Å². The number of aryl methyl sites for hydroxylation is 1. The third-order valence-corrected chi connectivity index (χ3v) is 3.75. The number of rotatable bonds is 1. The molecule has 1 aliphatic heterocycles. The van der Waals surface area contributed by atoms with E-state index < -0.39 is 5.79 Å². The average molecular weight is 233 g/mol. The maximum atomic E-state index is 6.10. The van der Waals surface area contributed by atoms with E-state index in [2.05, 4.69) is 24.3 Å². The summed E-state index contributed by atoms with van der Waals surface area (Å²) in [7, 11) is 0. The van der Waals surface area contributed by atoms with Gasteiger partial charge in [-0.15, -0.1) is 0 Å². The van der Waals surface area contributed by atoms with Gasteiger partial charge in [0.25, 0.3) is 0 Å². The Kier molecular flexibility index (Phi) is 2.90. The molecule has 0 radical (unpaired) electrons. The first-order valence-corrected chi connectivity index (χ1v) is 6.44. The molecule has 1 aliphatic carbocycles. The van der Waals surface area contributed by atoms with Crippen LogP contribution in [0.25, 0.3) is 0 Å². The Bertz CT molecular complexity index is 407. The summed E-state index contributed by atoms with van der Waals surface area (Å²) in [6.07, 6.45) is 4.46. The summed E-state index contributed by atoms with van der Waals surface area (Å²) in [6.45, 7) is 1.15. The van der Waals surface area contributed by atoms with Crippen molar-refractivity contribution in [3.8, 4) is 0 Å². The second-order valence-corrected chi connectivity index (χ2v) is 4.90. The molecule has 1 fully saturated rings. The minimum atomic E-state index is -0.517. The Hall–Kier alpha value is -0.900. The van der Waals surface area contributed by atoms with Crippen molar-refractivity contribution in [2.24, 2.45) is 5.73 Å². The first-order chi connectivity index (χ1) is 8.34. The fourth-order valence-electron chi connectivity index (χ4n) is 2.87. The van der Waals surface area contributed by atoms with E-state index in [1.54, 1.807) is 0 Å². The van der Waals surface area contributed by atoms with Crippen LogP contribution in [0.3, 0.4) is 0 Å². The van der Waals surface area contributed by atoms with Gasteiger partial charge in [0.05, 0.1) is 12.7 Å². The van der Waals surface area contributed by atoms with Crippen LogP contribution in [0.4, 0.5) is 0 Å². The zero-order valence-electron chi connectivity index (χ0n) is 10.0. The molecule has 0 saturated carbocycles. The lowest BCUT2D eigenvalue weighted by Crippen LogP contribution is -2.30. The molecule has 1 spiro atoms. The van der Waals surface area contributed by atoms with Crippen LogP contribution in [0.2, 0.25) is 0 Å². The van der Waals surface area contributed by atoms with Crippen molar-refractivity contribution >= 4 is 0 Å². The molecule has 0 bridgehead atoms. The summed E-state index contributed by atoms with van der Waals surface area (Å²) in [4.78, 5) is 0. The van der Waals surface area contributed by atoms with Gasteiger partial charge < -0.3 is 15.2 Å². The number of fused-ring (bicyclic) bond motifs is 2. The molecule has 17 heavy (non-hydrogen) atoms. The van der Waals surface area contributed by atoms with Crippen LogP contribution in [0.5, 0.6) is 0 Å². The van der Waals surface area contributed by atoms with Crippen molar-refractivity contribution in [1.82, 2.24) is 0 Å². The summed E-state index contributed by atoms with van der Waals surface area (Å²) in [5.41, 5.74) is 8.26. The molecular weight excluding hydrogens is 214 g/mol. The zero-order chi connectivity index (χ0) is 11.7. The van der Waals surface area contributed by atoms with Gasteiger partial charge in [0.15, 0.2) is 5.79 Å². The number of hydrogen-bond donors (Lipinski definition) is 1. The zero-order valence-corrected chi connectivity index (χ0v) is 10.0. The van der Waals surface area contributed by atoms with Crippen LogP contribution < -0.4 is 5.73 Å². The highest BCUT2D eigenvalue weighted by Gasteiger charge is 2.44. The highest BCUT2D eigenvalue weighted by Crippen LogP contribution is 2.42. The smallest absolute Gasteiger partial charge is 0.195 e. The van der Waals surface area contributed by atoms with Crippen LogP contribution in [-0.2, 0) is 21.7 Å². The topological polar surface area (TPSA) is 44.5 Å². The second-order valence-electron chi connectivity index (χ2n) is 4.90. The van der Waals surface area contributed by atoms with Gasteiger partial charge in [0.1, 0.15) is 0 Å². The van der Waals surface area contributed by atoms with Crippen LogP contribution in [0, 0.1) is 0 Å². The lowest BCUT2D eigenvalue weighted by atomic mass is 9.98. The molecule has 92 valence electrons. The maximum Gasteiger partial charge on any atom is 0.195 e. The summed E-state index contributed by atoms with van der Waals surface area (Å²) < 4.78 is 12.1. The lowest BCUT2D eigenvalue weighted by molar-refractivity contribution is -0.180. The monoisotopic (exact) mass is 233 g/mol. The maximum absolute atomic E-state index is 6.10. The van der Waals surface area contributed by atoms with Crippen molar-refractivity contribution in [3.63, 3.8) is 0 Å². The van der Waals surface area contributed by atoms with Gasteiger partial charge in [-0.2, -0.15) is 0 Å². The van der Waals surface area contributed by atoms with E-state index >= 15 is 0 Å². The molecule has 1 heterocycles. The Morgan fingerprint density at radius 3 is 3.00 bits per heavy atom. The van der Waals surface area contributed by atoms with Crippen molar-refractivity contribution in [2.75, 3.05) is 13.2 Å². The van der Waals surface area contributed by atoms with E-state index in [0.717, 1.165) is 19.3 Å². The molecule has 2 unspecified atom stereocenters. The van der Waals surface area contributed by atoms with Crippen molar-refractivity contribution < 1.29 is 9.47 Å². The lowest BCUT2D eigenvalue weighted by Gasteiger charge is -2.28. The molecule has 3 heteroatoms. The van der Waals surface area contributed by atoms with Gasteiger partial charge in [0, 0.05) is 18.5 Å². The van der Waals surface area contributed by atoms with Crippen LogP contribution in [0.1, 0.15) is 30.4 Å². The van der Waals surface area contributed by atoms with Gasteiger partial charge in [-0.25, -0.2) is 0 Å². The first kappa shape index (κ1) is 11.2. The SMILES string of the molecule is NCC1COC2(CCCCc3ccccc32)O1. The minimum Gasteiger partial charge on any atom is -0.343 e. The van der Waals surface area contributed by atoms with Gasteiger partial charge in [-0.05, 0) is 24.8 Å². The molecule has 1 saturated heterocycles. The Balaban J connectivity index is 2.00. The average Bonchev–Trinajstić information content (AvgIpc) is 2.71. The van der Waals surface area contributed by atoms with Crippen molar-refractivity contribution in [2.45, 2.75) is 37.6 Å². The summed E-state index contributed by atoms with van der Waals surface area (Å²) in [5, 5.41) is 0. The molecule has 0 amide bonds. The Morgan fingerprint density at radius 1 is 1.29 bits per heavy atom. The third kappa shape index (κ3) is 1.88.